The highest BCUT2D eigenvalue weighted by molar-refractivity contribution is 7.85. The van der Waals surface area contributed by atoms with Crippen molar-refractivity contribution in [1.29, 1.82) is 0 Å². The Morgan fingerprint density at radius 2 is 1.79 bits per heavy atom. The SMILES string of the molecule is O=S1c2ccc(F)cc2C=Cc2ccc(CO)cc21. The molecular formula is C15H11FO2S. The molecule has 0 radical (unpaired) electrons. The minimum Gasteiger partial charge on any atom is -0.392 e. The first-order valence-corrected chi connectivity index (χ1v) is 6.97. The highest BCUT2D eigenvalue weighted by atomic mass is 32.2. The van der Waals surface area contributed by atoms with Gasteiger partial charge in [0.15, 0.2) is 0 Å². The van der Waals surface area contributed by atoms with Crippen LogP contribution in [-0.2, 0) is 17.4 Å². The molecule has 1 aliphatic rings. The van der Waals surface area contributed by atoms with E-state index in [1.807, 2.05) is 12.1 Å². The minimum absolute atomic E-state index is 0.0928. The molecule has 1 unspecified atom stereocenters. The van der Waals surface area contributed by atoms with E-state index in [1.54, 1.807) is 24.3 Å². The summed E-state index contributed by atoms with van der Waals surface area (Å²) >= 11 is 0. The summed E-state index contributed by atoms with van der Waals surface area (Å²) in [4.78, 5) is 1.24. The smallest absolute Gasteiger partial charge is 0.123 e. The second kappa shape index (κ2) is 4.72. The Kier molecular flexibility index (Phi) is 3.05. The molecule has 3 rings (SSSR count). The number of aliphatic hydroxyl groups is 1. The van der Waals surface area contributed by atoms with Crippen LogP contribution in [0.25, 0.3) is 12.2 Å². The number of halogens is 1. The number of hydrogen-bond donors (Lipinski definition) is 1. The summed E-state index contributed by atoms with van der Waals surface area (Å²) in [6.45, 7) is -0.0928. The zero-order chi connectivity index (χ0) is 13.4. The van der Waals surface area contributed by atoms with Crippen molar-refractivity contribution in [2.75, 3.05) is 0 Å². The Morgan fingerprint density at radius 1 is 1.00 bits per heavy atom. The van der Waals surface area contributed by atoms with E-state index in [1.165, 1.54) is 12.1 Å². The molecule has 0 saturated carbocycles. The molecule has 4 heteroatoms. The quantitative estimate of drug-likeness (QED) is 0.740. The van der Waals surface area contributed by atoms with Gasteiger partial charge in [-0.1, -0.05) is 24.3 Å². The molecule has 0 saturated heterocycles. The molecule has 96 valence electrons. The van der Waals surface area contributed by atoms with Crippen LogP contribution < -0.4 is 0 Å². The first-order chi connectivity index (χ1) is 9.19. The van der Waals surface area contributed by atoms with Gasteiger partial charge in [-0.25, -0.2) is 8.60 Å². The summed E-state index contributed by atoms with van der Waals surface area (Å²) in [7, 11) is -1.37. The minimum atomic E-state index is -1.37. The van der Waals surface area contributed by atoms with Crippen LogP contribution in [-0.4, -0.2) is 9.32 Å². The molecule has 0 amide bonds. The number of fused-ring (bicyclic) bond motifs is 2. The summed E-state index contributed by atoms with van der Waals surface area (Å²) in [5.74, 6) is -0.345. The van der Waals surface area contributed by atoms with Crippen LogP contribution in [0.5, 0.6) is 0 Å². The second-order valence-corrected chi connectivity index (χ2v) is 5.73. The van der Waals surface area contributed by atoms with Gasteiger partial charge in [-0.2, -0.15) is 0 Å². The average Bonchev–Trinajstić information content (AvgIpc) is 2.56. The monoisotopic (exact) mass is 274 g/mol. The molecule has 0 aromatic heterocycles. The molecule has 1 N–H and O–H groups in total. The summed E-state index contributed by atoms with van der Waals surface area (Å²) in [6.07, 6.45) is 3.58. The largest absolute Gasteiger partial charge is 0.392 e. The molecule has 2 nitrogen and oxygen atoms in total. The third-order valence-corrected chi connectivity index (χ3v) is 4.60. The van der Waals surface area contributed by atoms with Gasteiger partial charge in [0.2, 0.25) is 0 Å². The lowest BCUT2D eigenvalue weighted by Gasteiger charge is -2.07. The average molecular weight is 274 g/mol. The fourth-order valence-electron chi connectivity index (χ4n) is 2.09. The lowest BCUT2D eigenvalue weighted by Crippen LogP contribution is -1.98. The summed E-state index contributed by atoms with van der Waals surface area (Å²) < 4.78 is 25.8. The summed E-state index contributed by atoms with van der Waals surface area (Å²) in [6, 6.07) is 9.57. The molecule has 1 atom stereocenters. The molecule has 1 aliphatic heterocycles. The second-order valence-electron chi connectivity index (χ2n) is 4.31. The Hall–Kier alpha value is -1.78. The fraction of sp³-hybridized carbons (Fsp3) is 0.0667. The van der Waals surface area contributed by atoms with Crippen molar-refractivity contribution in [3.05, 3.63) is 58.9 Å². The van der Waals surface area contributed by atoms with Crippen molar-refractivity contribution in [3.8, 4) is 0 Å². The molecule has 2 aromatic rings. The lowest BCUT2D eigenvalue weighted by molar-refractivity contribution is 0.281. The van der Waals surface area contributed by atoms with Crippen LogP contribution in [0.1, 0.15) is 16.7 Å². The van der Waals surface area contributed by atoms with Crippen LogP contribution >= 0.6 is 0 Å². The van der Waals surface area contributed by atoms with E-state index in [0.29, 0.717) is 20.9 Å². The first-order valence-electron chi connectivity index (χ1n) is 5.82. The fourth-order valence-corrected chi connectivity index (χ4v) is 3.47. The van der Waals surface area contributed by atoms with Gasteiger partial charge in [0, 0.05) is 0 Å². The van der Waals surface area contributed by atoms with Crippen LogP contribution in [0, 0.1) is 5.82 Å². The third-order valence-electron chi connectivity index (χ3n) is 3.07. The van der Waals surface area contributed by atoms with Crippen molar-refractivity contribution < 1.29 is 13.7 Å². The van der Waals surface area contributed by atoms with Gasteiger partial charge in [0.1, 0.15) is 5.82 Å². The molecule has 0 fully saturated rings. The van der Waals surface area contributed by atoms with Gasteiger partial charge in [-0.05, 0) is 41.0 Å². The molecule has 0 spiro atoms. The van der Waals surface area contributed by atoms with E-state index in [2.05, 4.69) is 0 Å². The van der Waals surface area contributed by atoms with E-state index in [0.717, 1.165) is 5.56 Å². The normalized spacial score (nSPS) is 16.6. The summed E-state index contributed by atoms with van der Waals surface area (Å²) in [5, 5.41) is 9.16. The predicted molar refractivity (Wildman–Crippen MR) is 72.4 cm³/mol. The predicted octanol–water partition coefficient (Wildman–Crippen LogP) is 2.97. The van der Waals surface area contributed by atoms with Gasteiger partial charge in [-0.15, -0.1) is 0 Å². The molecule has 1 heterocycles. The van der Waals surface area contributed by atoms with Crippen molar-refractivity contribution in [1.82, 2.24) is 0 Å². The molecule has 19 heavy (non-hydrogen) atoms. The number of rotatable bonds is 1. The number of benzene rings is 2. The maximum absolute atomic E-state index is 13.2. The summed E-state index contributed by atoms with van der Waals surface area (Å²) in [5.41, 5.74) is 2.17. The zero-order valence-corrected chi connectivity index (χ0v) is 10.8. The van der Waals surface area contributed by atoms with E-state index in [4.69, 9.17) is 5.11 Å². The topological polar surface area (TPSA) is 37.3 Å². The Bertz CT molecular complexity index is 707. The van der Waals surface area contributed by atoms with Crippen LogP contribution in [0.4, 0.5) is 4.39 Å². The molecule has 2 aromatic carbocycles. The third kappa shape index (κ3) is 2.13. The van der Waals surface area contributed by atoms with Gasteiger partial charge in [0.25, 0.3) is 0 Å². The van der Waals surface area contributed by atoms with Crippen molar-refractivity contribution in [2.45, 2.75) is 16.4 Å². The van der Waals surface area contributed by atoms with Crippen molar-refractivity contribution in [2.24, 2.45) is 0 Å². The molecule has 0 aliphatic carbocycles. The maximum atomic E-state index is 13.2. The Labute approximate surface area is 112 Å². The number of aliphatic hydroxyl groups excluding tert-OH is 1. The first kappa shape index (κ1) is 12.3. The molecule has 0 bridgehead atoms. The highest BCUT2D eigenvalue weighted by Gasteiger charge is 2.17. The van der Waals surface area contributed by atoms with E-state index >= 15 is 0 Å². The molecular weight excluding hydrogens is 263 g/mol. The highest BCUT2D eigenvalue weighted by Crippen LogP contribution is 2.30. The number of hydrogen-bond acceptors (Lipinski definition) is 2. The maximum Gasteiger partial charge on any atom is 0.123 e. The van der Waals surface area contributed by atoms with Gasteiger partial charge < -0.3 is 5.11 Å². The van der Waals surface area contributed by atoms with E-state index in [9.17, 15) is 8.60 Å². The zero-order valence-electron chi connectivity index (χ0n) is 9.97. The van der Waals surface area contributed by atoms with Crippen LogP contribution in [0.3, 0.4) is 0 Å². The van der Waals surface area contributed by atoms with Crippen molar-refractivity contribution in [3.63, 3.8) is 0 Å². The Morgan fingerprint density at radius 3 is 2.58 bits per heavy atom. The van der Waals surface area contributed by atoms with E-state index < -0.39 is 10.8 Å². The van der Waals surface area contributed by atoms with Crippen molar-refractivity contribution >= 4 is 23.0 Å². The standard InChI is InChI=1S/C15H11FO2S/c16-13-5-6-14-12(8-13)4-3-11-2-1-10(9-17)7-15(11)19(14)18/h1-8,17H,9H2. The lowest BCUT2D eigenvalue weighted by atomic mass is 10.1. The van der Waals surface area contributed by atoms with Gasteiger partial charge >= 0.3 is 0 Å². The Balaban J connectivity index is 2.22. The van der Waals surface area contributed by atoms with Gasteiger partial charge in [0.05, 0.1) is 27.2 Å². The van der Waals surface area contributed by atoms with Crippen LogP contribution in [0.2, 0.25) is 0 Å². The van der Waals surface area contributed by atoms with E-state index in [-0.39, 0.29) is 12.4 Å². The van der Waals surface area contributed by atoms with Crippen LogP contribution in [0.15, 0.2) is 46.2 Å². The van der Waals surface area contributed by atoms with Gasteiger partial charge in [-0.3, -0.25) is 0 Å².